The highest BCUT2D eigenvalue weighted by atomic mass is 32.2. The third-order valence-corrected chi connectivity index (χ3v) is 7.20. The average molecular weight is 505 g/mol. The molecule has 0 aliphatic heterocycles. The molecule has 0 fully saturated rings. The smallest absolute Gasteiger partial charge is 0.240 e. The molecule has 2 heterocycles. The first-order valence-electron chi connectivity index (χ1n) is 11.4. The van der Waals surface area contributed by atoms with Crippen LogP contribution in [-0.2, 0) is 26.9 Å². The van der Waals surface area contributed by atoms with Crippen molar-refractivity contribution in [2.24, 2.45) is 0 Å². The van der Waals surface area contributed by atoms with E-state index in [1.807, 2.05) is 24.8 Å². The number of rotatable bonds is 14. The summed E-state index contributed by atoms with van der Waals surface area (Å²) in [5.74, 6) is 3.23. The number of H-pyrrole nitrogens is 1. The summed E-state index contributed by atoms with van der Waals surface area (Å²) >= 11 is 1.82. The third kappa shape index (κ3) is 7.26. The van der Waals surface area contributed by atoms with Gasteiger partial charge in [0.15, 0.2) is 0 Å². The fraction of sp³-hybridized carbons (Fsp3) is 0.435. The Morgan fingerprint density at radius 2 is 1.88 bits per heavy atom. The van der Waals surface area contributed by atoms with Crippen molar-refractivity contribution in [2.75, 3.05) is 30.8 Å². The molecular weight excluding hydrogens is 472 g/mol. The van der Waals surface area contributed by atoms with E-state index < -0.39 is 10.0 Å². The standard InChI is InChI=1S/C23H32N6O3S2/c1-4-7-19-22(29-21(27-19)16-33-6-3)20-12-13-24-23(28-20)26-17-8-10-18(11-9-17)34(30,31)25-14-15-32-5-2/h8-13,25H,4-7,14-16H2,1-3H3,(H,27,29)(H,24,26,28). The van der Waals surface area contributed by atoms with Gasteiger partial charge in [0.25, 0.3) is 0 Å². The molecule has 0 atom stereocenters. The second-order valence-electron chi connectivity index (χ2n) is 7.40. The molecule has 184 valence electrons. The van der Waals surface area contributed by atoms with E-state index in [2.05, 4.69) is 38.8 Å². The number of thioether (sulfide) groups is 1. The van der Waals surface area contributed by atoms with Crippen LogP contribution in [0.2, 0.25) is 0 Å². The molecule has 0 radical (unpaired) electrons. The van der Waals surface area contributed by atoms with Gasteiger partial charge in [-0.25, -0.2) is 28.1 Å². The predicted octanol–water partition coefficient (Wildman–Crippen LogP) is 4.13. The average Bonchev–Trinajstić information content (AvgIpc) is 3.24. The minimum Gasteiger partial charge on any atom is -0.380 e. The second kappa shape index (κ2) is 12.8. The summed E-state index contributed by atoms with van der Waals surface area (Å²) in [5, 5.41) is 3.15. The third-order valence-electron chi connectivity index (χ3n) is 4.83. The van der Waals surface area contributed by atoms with Crippen molar-refractivity contribution in [3.63, 3.8) is 0 Å². The van der Waals surface area contributed by atoms with Crippen LogP contribution in [0, 0.1) is 0 Å². The summed E-state index contributed by atoms with van der Waals surface area (Å²) in [7, 11) is -3.59. The van der Waals surface area contributed by atoms with Crippen LogP contribution in [0.3, 0.4) is 0 Å². The number of hydrogen-bond acceptors (Lipinski definition) is 8. The second-order valence-corrected chi connectivity index (χ2v) is 10.4. The molecule has 0 unspecified atom stereocenters. The van der Waals surface area contributed by atoms with Gasteiger partial charge >= 0.3 is 0 Å². The lowest BCUT2D eigenvalue weighted by Gasteiger charge is -2.09. The Morgan fingerprint density at radius 3 is 2.59 bits per heavy atom. The molecule has 3 N–H and O–H groups in total. The van der Waals surface area contributed by atoms with Crippen LogP contribution in [0.5, 0.6) is 0 Å². The topological polar surface area (TPSA) is 122 Å². The van der Waals surface area contributed by atoms with Crippen molar-refractivity contribution in [2.45, 2.75) is 44.3 Å². The van der Waals surface area contributed by atoms with Crippen LogP contribution in [0.15, 0.2) is 41.4 Å². The van der Waals surface area contributed by atoms with Crippen molar-refractivity contribution >= 4 is 33.4 Å². The molecule has 0 bridgehead atoms. The van der Waals surface area contributed by atoms with E-state index in [-0.39, 0.29) is 11.4 Å². The quantitative estimate of drug-likeness (QED) is 0.280. The van der Waals surface area contributed by atoms with Gasteiger partial charge in [-0.1, -0.05) is 20.3 Å². The van der Waals surface area contributed by atoms with Crippen LogP contribution in [-0.4, -0.2) is 53.9 Å². The Kier molecular flexibility index (Phi) is 9.87. The Hall–Kier alpha value is -2.47. The fourth-order valence-corrected chi connectivity index (χ4v) is 4.79. The maximum absolute atomic E-state index is 12.4. The first kappa shape index (κ1) is 26.1. The van der Waals surface area contributed by atoms with Crippen LogP contribution in [0.1, 0.15) is 38.7 Å². The van der Waals surface area contributed by atoms with Gasteiger partial charge in [-0.3, -0.25) is 0 Å². The molecule has 1 aromatic carbocycles. The molecule has 0 spiro atoms. The highest BCUT2D eigenvalue weighted by molar-refractivity contribution is 7.98. The zero-order valence-electron chi connectivity index (χ0n) is 19.8. The summed E-state index contributed by atoms with van der Waals surface area (Å²) in [6, 6.07) is 8.32. The van der Waals surface area contributed by atoms with E-state index in [9.17, 15) is 8.42 Å². The lowest BCUT2D eigenvalue weighted by atomic mass is 10.2. The monoisotopic (exact) mass is 504 g/mol. The number of ether oxygens (including phenoxy) is 1. The van der Waals surface area contributed by atoms with Gasteiger partial charge in [0, 0.05) is 25.0 Å². The van der Waals surface area contributed by atoms with Crippen molar-refractivity contribution in [3.05, 3.63) is 48.0 Å². The molecule has 0 amide bonds. The van der Waals surface area contributed by atoms with Crippen molar-refractivity contribution in [1.29, 1.82) is 0 Å². The normalized spacial score (nSPS) is 11.6. The van der Waals surface area contributed by atoms with E-state index in [4.69, 9.17) is 9.72 Å². The van der Waals surface area contributed by atoms with E-state index in [0.717, 1.165) is 47.3 Å². The van der Waals surface area contributed by atoms with Gasteiger partial charge < -0.3 is 15.0 Å². The summed E-state index contributed by atoms with van der Waals surface area (Å²) in [6.07, 6.45) is 3.55. The molecule has 0 aliphatic carbocycles. The fourth-order valence-electron chi connectivity index (χ4n) is 3.24. The summed E-state index contributed by atoms with van der Waals surface area (Å²) in [6.45, 7) is 7.23. The van der Waals surface area contributed by atoms with Gasteiger partial charge in [-0.15, -0.1) is 0 Å². The zero-order valence-corrected chi connectivity index (χ0v) is 21.4. The molecule has 0 saturated carbocycles. The van der Waals surface area contributed by atoms with Gasteiger partial charge in [0.1, 0.15) is 5.82 Å². The summed E-state index contributed by atoms with van der Waals surface area (Å²) in [4.78, 5) is 17.3. The number of aryl methyl sites for hydroxylation is 1. The van der Waals surface area contributed by atoms with Gasteiger partial charge in [0.05, 0.1) is 34.3 Å². The first-order valence-corrected chi connectivity index (χ1v) is 14.0. The lowest BCUT2D eigenvalue weighted by molar-refractivity contribution is 0.153. The van der Waals surface area contributed by atoms with Crippen LogP contribution < -0.4 is 10.0 Å². The number of imidazole rings is 1. The lowest BCUT2D eigenvalue weighted by Crippen LogP contribution is -2.27. The molecular formula is C23H32N6O3S2. The largest absolute Gasteiger partial charge is 0.380 e. The Morgan fingerprint density at radius 1 is 1.09 bits per heavy atom. The summed E-state index contributed by atoms with van der Waals surface area (Å²) < 4.78 is 32.5. The molecule has 3 aromatic rings. The molecule has 3 rings (SSSR count). The minimum atomic E-state index is -3.59. The minimum absolute atomic E-state index is 0.184. The number of hydrogen-bond donors (Lipinski definition) is 3. The molecule has 11 heteroatoms. The predicted molar refractivity (Wildman–Crippen MR) is 137 cm³/mol. The van der Waals surface area contributed by atoms with Crippen LogP contribution in [0.4, 0.5) is 11.6 Å². The van der Waals surface area contributed by atoms with E-state index in [1.165, 1.54) is 0 Å². The SMILES string of the molecule is CCCc1nc(CSCC)[nH]c1-c1ccnc(Nc2ccc(S(=O)(=O)NCCOCC)cc2)n1. The van der Waals surface area contributed by atoms with E-state index in [1.54, 1.807) is 30.5 Å². The maximum Gasteiger partial charge on any atom is 0.240 e. The van der Waals surface area contributed by atoms with Gasteiger partial charge in [-0.05, 0) is 49.4 Å². The van der Waals surface area contributed by atoms with Crippen molar-refractivity contribution in [1.82, 2.24) is 24.7 Å². The van der Waals surface area contributed by atoms with Crippen LogP contribution >= 0.6 is 11.8 Å². The Labute approximate surface area is 205 Å². The number of aromatic amines is 1. The van der Waals surface area contributed by atoms with E-state index >= 15 is 0 Å². The van der Waals surface area contributed by atoms with Gasteiger partial charge in [-0.2, -0.15) is 11.8 Å². The number of sulfonamides is 1. The number of nitrogens with zero attached hydrogens (tertiary/aromatic N) is 3. The van der Waals surface area contributed by atoms with Crippen molar-refractivity contribution < 1.29 is 13.2 Å². The van der Waals surface area contributed by atoms with E-state index in [0.29, 0.717) is 24.8 Å². The molecule has 0 aliphatic rings. The van der Waals surface area contributed by atoms with Gasteiger partial charge in [0.2, 0.25) is 16.0 Å². The van der Waals surface area contributed by atoms with Crippen LogP contribution in [0.25, 0.3) is 11.4 Å². The number of aromatic nitrogens is 4. The summed E-state index contributed by atoms with van der Waals surface area (Å²) in [5.41, 5.74) is 3.37. The zero-order chi connectivity index (χ0) is 24.4. The Bertz CT molecular complexity index is 1150. The highest BCUT2D eigenvalue weighted by Crippen LogP contribution is 2.24. The number of benzene rings is 1. The number of anilines is 2. The molecule has 2 aromatic heterocycles. The maximum atomic E-state index is 12.4. The molecule has 34 heavy (non-hydrogen) atoms. The first-order chi connectivity index (χ1) is 16.5. The molecule has 9 nitrogen and oxygen atoms in total. The van der Waals surface area contributed by atoms with Crippen molar-refractivity contribution in [3.8, 4) is 11.4 Å². The molecule has 0 saturated heterocycles. The highest BCUT2D eigenvalue weighted by Gasteiger charge is 2.15. The number of nitrogens with one attached hydrogen (secondary N) is 3. The Balaban J connectivity index is 1.73.